The van der Waals surface area contributed by atoms with E-state index in [1.807, 2.05) is 0 Å². The van der Waals surface area contributed by atoms with Gasteiger partial charge in [-0.2, -0.15) is 0 Å². The maximum Gasteiger partial charge on any atom is 0.343 e. The number of carbonyl (C=O) groups is 2. The van der Waals surface area contributed by atoms with E-state index < -0.39 is 10.9 Å². The average molecular weight is 373 g/mol. The lowest BCUT2D eigenvalue weighted by Crippen LogP contribution is -2.08. The summed E-state index contributed by atoms with van der Waals surface area (Å²) in [7, 11) is 0. The molecule has 3 rings (SSSR count). The van der Waals surface area contributed by atoms with Gasteiger partial charge < -0.3 is 4.74 Å². The van der Waals surface area contributed by atoms with Crippen molar-refractivity contribution in [3.05, 3.63) is 112 Å². The van der Waals surface area contributed by atoms with Gasteiger partial charge >= 0.3 is 5.97 Å². The molecule has 0 spiro atoms. The highest BCUT2D eigenvalue weighted by atomic mass is 16.6. The Hall–Kier alpha value is -4.06. The van der Waals surface area contributed by atoms with Crippen LogP contribution in [0.3, 0.4) is 0 Å². The lowest BCUT2D eigenvalue weighted by Gasteiger charge is -2.04. The van der Waals surface area contributed by atoms with Crippen molar-refractivity contribution in [1.29, 1.82) is 0 Å². The fraction of sp³-hybridized carbons (Fsp3) is 0. The van der Waals surface area contributed by atoms with E-state index in [0.29, 0.717) is 22.4 Å². The molecule has 3 aromatic rings. The van der Waals surface area contributed by atoms with Crippen molar-refractivity contribution in [3.63, 3.8) is 0 Å². The fourth-order valence-electron chi connectivity index (χ4n) is 2.44. The molecular formula is C22H15NO5. The van der Waals surface area contributed by atoms with Crippen LogP contribution in [-0.2, 0) is 0 Å². The predicted molar refractivity (Wildman–Crippen MR) is 104 cm³/mol. The number of nitro benzene ring substituents is 1. The molecule has 0 amide bonds. The van der Waals surface area contributed by atoms with E-state index in [1.54, 1.807) is 54.6 Å². The van der Waals surface area contributed by atoms with Crippen LogP contribution in [0.1, 0.15) is 26.3 Å². The van der Waals surface area contributed by atoms with Crippen molar-refractivity contribution in [2.45, 2.75) is 0 Å². The monoisotopic (exact) mass is 373 g/mol. The van der Waals surface area contributed by atoms with Crippen molar-refractivity contribution < 1.29 is 19.2 Å². The first-order valence-electron chi connectivity index (χ1n) is 8.37. The molecule has 0 radical (unpaired) electrons. The van der Waals surface area contributed by atoms with E-state index in [2.05, 4.69) is 0 Å². The topological polar surface area (TPSA) is 86.5 Å². The molecule has 3 aromatic carbocycles. The zero-order valence-electron chi connectivity index (χ0n) is 14.6. The Morgan fingerprint density at radius 1 is 0.857 bits per heavy atom. The maximum atomic E-state index is 12.3. The van der Waals surface area contributed by atoms with Crippen LogP contribution in [-0.4, -0.2) is 16.7 Å². The summed E-state index contributed by atoms with van der Waals surface area (Å²) in [5.74, 6) is -0.425. The largest absolute Gasteiger partial charge is 0.423 e. The number of ether oxygens (including phenoxy) is 1. The van der Waals surface area contributed by atoms with Crippen LogP contribution in [0.15, 0.2) is 84.9 Å². The Bertz CT molecular complexity index is 1040. The Kier molecular flexibility index (Phi) is 5.72. The zero-order valence-corrected chi connectivity index (χ0v) is 14.6. The Labute approximate surface area is 160 Å². The Morgan fingerprint density at radius 2 is 1.57 bits per heavy atom. The Morgan fingerprint density at radius 3 is 2.25 bits per heavy atom. The molecule has 0 bridgehead atoms. The molecule has 138 valence electrons. The van der Waals surface area contributed by atoms with E-state index >= 15 is 0 Å². The minimum Gasteiger partial charge on any atom is -0.423 e. The molecule has 0 saturated carbocycles. The molecule has 0 aliphatic heterocycles. The number of nitrogens with zero attached hydrogens (tertiary/aromatic N) is 1. The van der Waals surface area contributed by atoms with Gasteiger partial charge in [-0.05, 0) is 48.0 Å². The number of hydrogen-bond acceptors (Lipinski definition) is 5. The predicted octanol–water partition coefficient (Wildman–Crippen LogP) is 4.71. The van der Waals surface area contributed by atoms with Crippen LogP contribution >= 0.6 is 0 Å². The highest BCUT2D eigenvalue weighted by Crippen LogP contribution is 2.17. The van der Waals surface area contributed by atoms with E-state index in [-0.39, 0.29) is 11.5 Å². The van der Waals surface area contributed by atoms with Crippen LogP contribution in [0.2, 0.25) is 0 Å². The van der Waals surface area contributed by atoms with Gasteiger partial charge in [0.2, 0.25) is 0 Å². The number of benzene rings is 3. The maximum absolute atomic E-state index is 12.3. The lowest BCUT2D eigenvalue weighted by atomic mass is 10.1. The summed E-state index contributed by atoms with van der Waals surface area (Å²) in [6.07, 6.45) is 2.85. The minimum absolute atomic E-state index is 0.0424. The van der Waals surface area contributed by atoms with E-state index in [0.717, 1.165) is 0 Å². The van der Waals surface area contributed by atoms with Gasteiger partial charge in [0.1, 0.15) is 5.75 Å². The van der Waals surface area contributed by atoms with E-state index in [4.69, 9.17) is 4.74 Å². The third-order valence-electron chi connectivity index (χ3n) is 3.87. The lowest BCUT2D eigenvalue weighted by molar-refractivity contribution is -0.384. The molecule has 0 aromatic heterocycles. The van der Waals surface area contributed by atoms with E-state index in [1.165, 1.54) is 36.4 Å². The van der Waals surface area contributed by atoms with Gasteiger partial charge in [-0.3, -0.25) is 14.9 Å². The number of non-ortho nitro benzene ring substituents is 1. The SMILES string of the molecule is O=C(C=Cc1cccc([N+](=O)[O-])c1)c1ccc(OC(=O)c2ccccc2)cc1. The normalized spacial score (nSPS) is 10.6. The molecule has 0 unspecified atom stereocenters. The molecule has 0 fully saturated rings. The van der Waals surface area contributed by atoms with Crippen molar-refractivity contribution in [3.8, 4) is 5.75 Å². The number of carbonyl (C=O) groups excluding carboxylic acids is 2. The van der Waals surface area contributed by atoms with E-state index in [9.17, 15) is 19.7 Å². The number of esters is 1. The number of ketones is 1. The summed E-state index contributed by atoms with van der Waals surface area (Å²) in [5, 5.41) is 10.8. The smallest absolute Gasteiger partial charge is 0.343 e. The van der Waals surface area contributed by atoms with Gasteiger partial charge in [-0.15, -0.1) is 0 Å². The third-order valence-corrected chi connectivity index (χ3v) is 3.87. The Balaban J connectivity index is 1.66. The molecule has 0 atom stereocenters. The van der Waals surface area contributed by atoms with Crippen molar-refractivity contribution in [1.82, 2.24) is 0 Å². The minimum atomic E-state index is -0.491. The van der Waals surface area contributed by atoms with Crippen LogP contribution in [0.4, 0.5) is 5.69 Å². The molecule has 0 saturated heterocycles. The zero-order chi connectivity index (χ0) is 19.9. The molecule has 6 heteroatoms. The third kappa shape index (κ3) is 4.76. The summed E-state index contributed by atoms with van der Waals surface area (Å²) in [5.41, 5.74) is 1.35. The first-order chi connectivity index (χ1) is 13.5. The molecule has 0 N–H and O–H groups in total. The molecular weight excluding hydrogens is 358 g/mol. The van der Waals surface area contributed by atoms with Crippen molar-refractivity contribution >= 4 is 23.5 Å². The molecule has 28 heavy (non-hydrogen) atoms. The summed E-state index contributed by atoms with van der Waals surface area (Å²) < 4.78 is 5.27. The van der Waals surface area contributed by atoms with Gasteiger partial charge in [0, 0.05) is 17.7 Å². The summed E-state index contributed by atoms with van der Waals surface area (Å²) in [6.45, 7) is 0. The molecule has 0 aliphatic carbocycles. The van der Waals surface area contributed by atoms with Gasteiger partial charge in [0.15, 0.2) is 5.78 Å². The highest BCUT2D eigenvalue weighted by molar-refractivity contribution is 6.06. The quantitative estimate of drug-likeness (QED) is 0.156. The fourth-order valence-corrected chi connectivity index (χ4v) is 2.44. The van der Waals surface area contributed by atoms with Gasteiger partial charge in [0.05, 0.1) is 10.5 Å². The van der Waals surface area contributed by atoms with Crippen molar-refractivity contribution in [2.24, 2.45) is 0 Å². The molecule has 6 nitrogen and oxygen atoms in total. The summed E-state index contributed by atoms with van der Waals surface area (Å²) in [6, 6.07) is 20.8. The van der Waals surface area contributed by atoms with Crippen LogP contribution in [0.5, 0.6) is 5.75 Å². The molecule has 0 heterocycles. The second kappa shape index (κ2) is 8.55. The molecule has 0 aliphatic rings. The highest BCUT2D eigenvalue weighted by Gasteiger charge is 2.09. The van der Waals surface area contributed by atoms with Crippen molar-refractivity contribution in [2.75, 3.05) is 0 Å². The number of nitro groups is 1. The summed E-state index contributed by atoms with van der Waals surface area (Å²) >= 11 is 0. The van der Waals surface area contributed by atoms with Crippen LogP contribution in [0.25, 0.3) is 6.08 Å². The number of rotatable bonds is 6. The average Bonchev–Trinajstić information content (AvgIpc) is 2.73. The van der Waals surface area contributed by atoms with Gasteiger partial charge in [0.25, 0.3) is 5.69 Å². The van der Waals surface area contributed by atoms with Crippen LogP contribution < -0.4 is 4.74 Å². The van der Waals surface area contributed by atoms with Gasteiger partial charge in [-0.25, -0.2) is 4.79 Å². The number of hydrogen-bond donors (Lipinski definition) is 0. The first kappa shape index (κ1) is 18.7. The van der Waals surface area contributed by atoms with Gasteiger partial charge in [-0.1, -0.05) is 36.4 Å². The summed E-state index contributed by atoms with van der Waals surface area (Å²) in [4.78, 5) is 34.6. The van der Waals surface area contributed by atoms with Crippen LogP contribution in [0, 0.1) is 10.1 Å². The number of allylic oxidation sites excluding steroid dienone is 1. The second-order valence-electron chi connectivity index (χ2n) is 5.83. The standard InChI is InChI=1S/C22H15NO5/c24-21(14-9-16-5-4-8-19(15-16)23(26)27)17-10-12-20(13-11-17)28-22(25)18-6-2-1-3-7-18/h1-15H. The second-order valence-corrected chi connectivity index (χ2v) is 5.83. The first-order valence-corrected chi connectivity index (χ1v) is 8.37.